The van der Waals surface area contributed by atoms with Gasteiger partial charge in [-0.05, 0) is 6.92 Å². The Morgan fingerprint density at radius 1 is 1.70 bits per heavy atom. The number of rotatable bonds is 1. The summed E-state index contributed by atoms with van der Waals surface area (Å²) < 4.78 is 1.73. The fourth-order valence-corrected chi connectivity index (χ4v) is 0.709. The minimum absolute atomic E-state index is 0.190. The van der Waals surface area contributed by atoms with Crippen molar-refractivity contribution in [3.63, 3.8) is 0 Å². The highest BCUT2D eigenvalue weighted by atomic mass is 16.3. The average Bonchev–Trinajstić information content (AvgIpc) is 1.95. The van der Waals surface area contributed by atoms with E-state index in [1.165, 1.54) is 12.3 Å². The smallest absolute Gasteiger partial charge is 0.223 e. The van der Waals surface area contributed by atoms with Crippen LogP contribution in [-0.2, 0) is 6.54 Å². The molecule has 3 heteroatoms. The largest absolute Gasteiger partial charge is 0.503 e. The molecule has 1 N–H and O–H groups in total. The van der Waals surface area contributed by atoms with E-state index in [2.05, 4.69) is 0 Å². The molecule has 0 aliphatic carbocycles. The summed E-state index contributed by atoms with van der Waals surface area (Å²) in [7, 11) is 0. The minimum atomic E-state index is -0.329. The fourth-order valence-electron chi connectivity index (χ4n) is 0.709. The molecule has 0 aliphatic rings. The van der Waals surface area contributed by atoms with Crippen molar-refractivity contribution in [1.82, 2.24) is 4.57 Å². The van der Waals surface area contributed by atoms with E-state index < -0.39 is 0 Å². The van der Waals surface area contributed by atoms with E-state index in [0.717, 1.165) is 6.54 Å². The summed E-state index contributed by atoms with van der Waals surface area (Å²) in [5, 5.41) is 8.90. The van der Waals surface area contributed by atoms with Crippen LogP contribution in [0.15, 0.2) is 23.3 Å². The molecule has 1 aromatic heterocycles. The highest BCUT2D eigenvalue weighted by molar-refractivity contribution is 5.14. The van der Waals surface area contributed by atoms with Crippen molar-refractivity contribution >= 4 is 0 Å². The van der Waals surface area contributed by atoms with Crippen molar-refractivity contribution in [2.75, 3.05) is 0 Å². The lowest BCUT2D eigenvalue weighted by Crippen LogP contribution is -2.03. The molecule has 0 aliphatic heterocycles. The van der Waals surface area contributed by atoms with Gasteiger partial charge in [0.2, 0.25) is 5.43 Å². The summed E-state index contributed by atoms with van der Waals surface area (Å²) in [6.45, 7) is 2.69. The normalized spacial score (nSPS) is 9.70. The van der Waals surface area contributed by atoms with Crippen molar-refractivity contribution < 1.29 is 5.11 Å². The van der Waals surface area contributed by atoms with Crippen LogP contribution < -0.4 is 5.43 Å². The van der Waals surface area contributed by atoms with Crippen LogP contribution in [0.3, 0.4) is 0 Å². The first-order chi connectivity index (χ1) is 4.74. The van der Waals surface area contributed by atoms with Gasteiger partial charge in [0.25, 0.3) is 0 Å². The van der Waals surface area contributed by atoms with Crippen molar-refractivity contribution in [2.24, 2.45) is 0 Å². The van der Waals surface area contributed by atoms with E-state index in [1.807, 2.05) is 6.92 Å². The van der Waals surface area contributed by atoms with Crippen LogP contribution in [0.5, 0.6) is 5.75 Å². The van der Waals surface area contributed by atoms with Crippen LogP contribution in [0, 0.1) is 0 Å². The molecule has 1 heterocycles. The molecule has 0 aromatic carbocycles. The molecular weight excluding hydrogens is 130 g/mol. The Kier molecular flexibility index (Phi) is 1.76. The third-order valence-corrected chi connectivity index (χ3v) is 1.32. The highest BCUT2D eigenvalue weighted by Crippen LogP contribution is 1.97. The van der Waals surface area contributed by atoms with Gasteiger partial charge in [-0.3, -0.25) is 4.79 Å². The van der Waals surface area contributed by atoms with Crippen LogP contribution in [0.1, 0.15) is 6.92 Å². The van der Waals surface area contributed by atoms with Crippen LogP contribution in [0.2, 0.25) is 0 Å². The van der Waals surface area contributed by atoms with Gasteiger partial charge < -0.3 is 9.67 Å². The molecule has 0 fully saturated rings. The van der Waals surface area contributed by atoms with Gasteiger partial charge in [0.1, 0.15) is 0 Å². The molecule has 0 bridgehead atoms. The summed E-state index contributed by atoms with van der Waals surface area (Å²) in [5.41, 5.74) is -0.329. The molecule has 0 saturated carbocycles. The van der Waals surface area contributed by atoms with E-state index in [0.29, 0.717) is 0 Å². The van der Waals surface area contributed by atoms with Gasteiger partial charge in [-0.2, -0.15) is 0 Å². The number of aryl methyl sites for hydroxylation is 1. The van der Waals surface area contributed by atoms with Crippen LogP contribution in [0.4, 0.5) is 0 Å². The van der Waals surface area contributed by atoms with Crippen LogP contribution >= 0.6 is 0 Å². The minimum Gasteiger partial charge on any atom is -0.503 e. The molecule has 0 radical (unpaired) electrons. The summed E-state index contributed by atoms with van der Waals surface area (Å²) in [6, 6.07) is 1.35. The molecule has 0 spiro atoms. The van der Waals surface area contributed by atoms with Gasteiger partial charge in [0.15, 0.2) is 5.75 Å². The zero-order valence-electron chi connectivity index (χ0n) is 5.74. The van der Waals surface area contributed by atoms with Gasteiger partial charge >= 0.3 is 0 Å². The quantitative estimate of drug-likeness (QED) is 0.618. The Balaban J connectivity index is 3.17. The fraction of sp³-hybridized carbons (Fsp3) is 0.286. The molecule has 10 heavy (non-hydrogen) atoms. The second kappa shape index (κ2) is 2.56. The van der Waals surface area contributed by atoms with Crippen LogP contribution in [0.25, 0.3) is 0 Å². The topological polar surface area (TPSA) is 42.2 Å². The Bertz CT molecular complexity index is 277. The molecule has 0 atom stereocenters. The summed E-state index contributed by atoms with van der Waals surface area (Å²) in [6.07, 6.45) is 3.06. The molecule has 1 rings (SSSR count). The number of aromatic nitrogens is 1. The van der Waals surface area contributed by atoms with E-state index >= 15 is 0 Å². The predicted octanol–water partition coefficient (Wildman–Crippen LogP) is 0.574. The van der Waals surface area contributed by atoms with E-state index in [9.17, 15) is 4.79 Å². The number of aromatic hydroxyl groups is 1. The summed E-state index contributed by atoms with van der Waals surface area (Å²) in [4.78, 5) is 10.6. The van der Waals surface area contributed by atoms with Crippen molar-refractivity contribution in [3.8, 4) is 5.75 Å². The number of hydrogen-bond acceptors (Lipinski definition) is 2. The third-order valence-electron chi connectivity index (χ3n) is 1.32. The van der Waals surface area contributed by atoms with E-state index in [4.69, 9.17) is 5.11 Å². The summed E-state index contributed by atoms with van der Waals surface area (Å²) in [5.74, 6) is -0.190. The Morgan fingerprint density at radius 3 is 2.90 bits per heavy atom. The highest BCUT2D eigenvalue weighted by Gasteiger charge is 1.93. The monoisotopic (exact) mass is 139 g/mol. The maximum Gasteiger partial charge on any atom is 0.223 e. The Morgan fingerprint density at radius 2 is 2.40 bits per heavy atom. The molecule has 0 unspecified atom stereocenters. The lowest BCUT2D eigenvalue weighted by Gasteiger charge is -1.99. The first-order valence-electron chi connectivity index (χ1n) is 3.13. The Hall–Kier alpha value is -1.25. The molecular formula is C7H9NO2. The number of nitrogens with zero attached hydrogens (tertiary/aromatic N) is 1. The SMILES string of the molecule is CCn1ccc(=O)c(O)c1. The average molecular weight is 139 g/mol. The van der Waals surface area contributed by atoms with Gasteiger partial charge in [-0.15, -0.1) is 0 Å². The van der Waals surface area contributed by atoms with Crippen LogP contribution in [-0.4, -0.2) is 9.67 Å². The lowest BCUT2D eigenvalue weighted by molar-refractivity contribution is 0.461. The van der Waals surface area contributed by atoms with Gasteiger partial charge in [0, 0.05) is 25.0 Å². The maximum atomic E-state index is 10.6. The molecule has 1 aromatic rings. The van der Waals surface area contributed by atoms with Gasteiger partial charge in [-0.25, -0.2) is 0 Å². The zero-order valence-corrected chi connectivity index (χ0v) is 5.74. The second-order valence-electron chi connectivity index (χ2n) is 2.02. The van der Waals surface area contributed by atoms with E-state index in [-0.39, 0.29) is 11.2 Å². The first-order valence-corrected chi connectivity index (χ1v) is 3.13. The van der Waals surface area contributed by atoms with E-state index in [1.54, 1.807) is 10.8 Å². The van der Waals surface area contributed by atoms with Gasteiger partial charge in [-0.1, -0.05) is 0 Å². The third kappa shape index (κ3) is 1.18. The molecule has 0 amide bonds. The number of hydrogen-bond donors (Lipinski definition) is 1. The lowest BCUT2D eigenvalue weighted by atomic mass is 10.4. The maximum absolute atomic E-state index is 10.6. The standard InChI is InChI=1S/C7H9NO2/c1-2-8-4-3-6(9)7(10)5-8/h3-5,10H,2H2,1H3. The van der Waals surface area contributed by atoms with Crippen molar-refractivity contribution in [1.29, 1.82) is 0 Å². The van der Waals surface area contributed by atoms with Gasteiger partial charge in [0.05, 0.1) is 0 Å². The summed E-state index contributed by atoms with van der Waals surface area (Å²) >= 11 is 0. The molecule has 54 valence electrons. The predicted molar refractivity (Wildman–Crippen MR) is 38.0 cm³/mol. The zero-order chi connectivity index (χ0) is 7.56. The second-order valence-corrected chi connectivity index (χ2v) is 2.02. The Labute approximate surface area is 58.5 Å². The van der Waals surface area contributed by atoms with Crippen molar-refractivity contribution in [2.45, 2.75) is 13.5 Å². The molecule has 3 nitrogen and oxygen atoms in total. The first kappa shape index (κ1) is 6.86. The van der Waals surface area contributed by atoms with Crippen molar-refractivity contribution in [3.05, 3.63) is 28.7 Å². The molecule has 0 saturated heterocycles. The number of pyridine rings is 1.